The summed E-state index contributed by atoms with van der Waals surface area (Å²) in [5.41, 5.74) is 0. The zero-order valence-corrected chi connectivity index (χ0v) is 11.6. The number of aliphatic hydroxyl groups is 1. The Balaban J connectivity index is 4.02. The number of amides is 1. The second-order valence-electron chi connectivity index (χ2n) is 4.90. The zero-order valence-electron chi connectivity index (χ0n) is 11.6. The standard InChI is InChI=1S/C13H28N2O2/c1-5-6-8-14-13(17)11(4)15-12(7-9-16)10(2)3/h10-12,15-16H,5-9H2,1-4H3,(H,14,17). The fourth-order valence-electron chi connectivity index (χ4n) is 1.69. The van der Waals surface area contributed by atoms with Gasteiger partial charge in [-0.15, -0.1) is 0 Å². The van der Waals surface area contributed by atoms with Gasteiger partial charge in [0, 0.05) is 19.2 Å². The van der Waals surface area contributed by atoms with Crippen molar-refractivity contribution < 1.29 is 9.90 Å². The van der Waals surface area contributed by atoms with E-state index < -0.39 is 0 Å². The van der Waals surface area contributed by atoms with Gasteiger partial charge in [0.05, 0.1) is 6.04 Å². The molecule has 4 nitrogen and oxygen atoms in total. The molecule has 0 aliphatic carbocycles. The van der Waals surface area contributed by atoms with Gasteiger partial charge >= 0.3 is 0 Å². The molecule has 2 atom stereocenters. The predicted octanol–water partition coefficient (Wildman–Crippen LogP) is 1.29. The lowest BCUT2D eigenvalue weighted by Gasteiger charge is -2.25. The van der Waals surface area contributed by atoms with Crippen molar-refractivity contribution in [3.05, 3.63) is 0 Å². The van der Waals surface area contributed by atoms with Crippen LogP contribution in [-0.4, -0.2) is 36.2 Å². The second-order valence-corrected chi connectivity index (χ2v) is 4.90. The van der Waals surface area contributed by atoms with E-state index in [1.54, 1.807) is 0 Å². The van der Waals surface area contributed by atoms with Crippen molar-refractivity contribution in [2.24, 2.45) is 5.92 Å². The van der Waals surface area contributed by atoms with Crippen LogP contribution in [0.15, 0.2) is 0 Å². The average molecular weight is 244 g/mol. The average Bonchev–Trinajstić information content (AvgIpc) is 2.28. The first kappa shape index (κ1) is 16.4. The van der Waals surface area contributed by atoms with Gasteiger partial charge in [0.25, 0.3) is 0 Å². The molecule has 0 saturated heterocycles. The van der Waals surface area contributed by atoms with E-state index >= 15 is 0 Å². The summed E-state index contributed by atoms with van der Waals surface area (Å²) in [6.07, 6.45) is 2.79. The molecule has 0 bridgehead atoms. The van der Waals surface area contributed by atoms with E-state index in [0.717, 1.165) is 19.4 Å². The molecule has 0 heterocycles. The molecule has 2 unspecified atom stereocenters. The summed E-state index contributed by atoms with van der Waals surface area (Å²) in [6.45, 7) is 9.05. The maximum atomic E-state index is 11.7. The summed E-state index contributed by atoms with van der Waals surface area (Å²) in [5, 5.41) is 15.1. The Kier molecular flexibility index (Phi) is 9.09. The SMILES string of the molecule is CCCCNC(=O)C(C)NC(CCO)C(C)C. The smallest absolute Gasteiger partial charge is 0.236 e. The summed E-state index contributed by atoms with van der Waals surface area (Å²) in [6, 6.07) is -0.0160. The molecule has 0 aliphatic heterocycles. The monoisotopic (exact) mass is 244 g/mol. The molecule has 0 spiro atoms. The third-order valence-electron chi connectivity index (χ3n) is 2.93. The highest BCUT2D eigenvalue weighted by Crippen LogP contribution is 2.06. The van der Waals surface area contributed by atoms with Gasteiger partial charge in [-0.3, -0.25) is 4.79 Å². The number of carbonyl (C=O) groups is 1. The van der Waals surface area contributed by atoms with Crippen molar-refractivity contribution in [1.29, 1.82) is 0 Å². The molecule has 0 aromatic heterocycles. The van der Waals surface area contributed by atoms with Crippen molar-refractivity contribution in [3.63, 3.8) is 0 Å². The molecule has 0 aromatic carbocycles. The molecule has 0 rings (SSSR count). The maximum Gasteiger partial charge on any atom is 0.236 e. The zero-order chi connectivity index (χ0) is 13.3. The molecule has 0 saturated carbocycles. The van der Waals surface area contributed by atoms with Gasteiger partial charge in [-0.1, -0.05) is 27.2 Å². The van der Waals surface area contributed by atoms with E-state index in [1.807, 2.05) is 6.92 Å². The van der Waals surface area contributed by atoms with Crippen molar-refractivity contribution >= 4 is 5.91 Å². The molecule has 0 radical (unpaired) electrons. The maximum absolute atomic E-state index is 11.7. The van der Waals surface area contributed by atoms with Gasteiger partial charge in [0.2, 0.25) is 5.91 Å². The minimum atomic E-state index is -0.203. The number of unbranched alkanes of at least 4 members (excludes halogenated alkanes) is 1. The van der Waals surface area contributed by atoms with Crippen LogP contribution < -0.4 is 10.6 Å². The second kappa shape index (κ2) is 9.42. The summed E-state index contributed by atoms with van der Waals surface area (Å²) in [7, 11) is 0. The minimum absolute atomic E-state index is 0.0436. The number of hydrogen-bond acceptors (Lipinski definition) is 3. The Morgan fingerprint density at radius 3 is 2.41 bits per heavy atom. The molecule has 3 N–H and O–H groups in total. The van der Waals surface area contributed by atoms with Crippen LogP contribution in [0.3, 0.4) is 0 Å². The molecule has 1 amide bonds. The van der Waals surface area contributed by atoms with Crippen molar-refractivity contribution in [3.8, 4) is 0 Å². The Hall–Kier alpha value is -0.610. The number of carbonyl (C=O) groups excluding carboxylic acids is 1. The van der Waals surface area contributed by atoms with Gasteiger partial charge < -0.3 is 15.7 Å². The predicted molar refractivity (Wildman–Crippen MR) is 70.8 cm³/mol. The van der Waals surface area contributed by atoms with Crippen molar-refractivity contribution in [2.75, 3.05) is 13.2 Å². The summed E-state index contributed by atoms with van der Waals surface area (Å²) in [4.78, 5) is 11.7. The largest absolute Gasteiger partial charge is 0.396 e. The fourth-order valence-corrected chi connectivity index (χ4v) is 1.69. The molecule has 17 heavy (non-hydrogen) atoms. The minimum Gasteiger partial charge on any atom is -0.396 e. The van der Waals surface area contributed by atoms with Gasteiger partial charge in [0.15, 0.2) is 0 Å². The highest BCUT2D eigenvalue weighted by molar-refractivity contribution is 5.81. The Morgan fingerprint density at radius 1 is 1.29 bits per heavy atom. The molecule has 0 fully saturated rings. The van der Waals surface area contributed by atoms with E-state index in [2.05, 4.69) is 31.4 Å². The van der Waals surface area contributed by atoms with Crippen LogP contribution >= 0.6 is 0 Å². The lowest BCUT2D eigenvalue weighted by molar-refractivity contribution is -0.123. The van der Waals surface area contributed by atoms with Crippen LogP contribution in [0.1, 0.15) is 47.0 Å². The molecular formula is C13H28N2O2. The third-order valence-corrected chi connectivity index (χ3v) is 2.93. The summed E-state index contributed by atoms with van der Waals surface area (Å²) in [5.74, 6) is 0.454. The number of hydrogen-bond donors (Lipinski definition) is 3. The lowest BCUT2D eigenvalue weighted by atomic mass is 10.0. The van der Waals surface area contributed by atoms with E-state index in [1.165, 1.54) is 0 Å². The highest BCUT2D eigenvalue weighted by atomic mass is 16.3. The van der Waals surface area contributed by atoms with E-state index in [-0.39, 0.29) is 24.6 Å². The quantitative estimate of drug-likeness (QED) is 0.536. The van der Waals surface area contributed by atoms with Gasteiger partial charge in [-0.05, 0) is 25.7 Å². The van der Waals surface area contributed by atoms with Crippen molar-refractivity contribution in [2.45, 2.75) is 59.0 Å². The molecule has 102 valence electrons. The topological polar surface area (TPSA) is 61.4 Å². The molecule has 0 aromatic rings. The first-order valence-electron chi connectivity index (χ1n) is 6.67. The first-order valence-corrected chi connectivity index (χ1v) is 6.67. The number of nitrogens with one attached hydrogen (secondary N) is 2. The molecule has 0 aliphatic rings. The van der Waals surface area contributed by atoms with E-state index in [0.29, 0.717) is 12.3 Å². The Labute approximate surface area is 105 Å². The van der Waals surface area contributed by atoms with Gasteiger partial charge in [-0.25, -0.2) is 0 Å². The lowest BCUT2D eigenvalue weighted by Crippen LogP contribution is -2.48. The summed E-state index contributed by atoms with van der Waals surface area (Å²) >= 11 is 0. The number of rotatable bonds is 9. The van der Waals surface area contributed by atoms with Crippen molar-refractivity contribution in [1.82, 2.24) is 10.6 Å². The Morgan fingerprint density at radius 2 is 1.94 bits per heavy atom. The van der Waals surface area contributed by atoms with E-state index in [9.17, 15) is 4.79 Å². The third kappa shape index (κ3) is 7.34. The van der Waals surface area contributed by atoms with Crippen LogP contribution in [0.4, 0.5) is 0 Å². The Bertz CT molecular complexity index is 208. The summed E-state index contributed by atoms with van der Waals surface area (Å²) < 4.78 is 0. The highest BCUT2D eigenvalue weighted by Gasteiger charge is 2.19. The van der Waals surface area contributed by atoms with Gasteiger partial charge in [-0.2, -0.15) is 0 Å². The van der Waals surface area contributed by atoms with Crippen LogP contribution in [-0.2, 0) is 4.79 Å². The number of aliphatic hydroxyl groups excluding tert-OH is 1. The normalized spacial score (nSPS) is 14.7. The van der Waals surface area contributed by atoms with Crippen LogP contribution in [0.25, 0.3) is 0 Å². The first-order chi connectivity index (χ1) is 8.02. The fraction of sp³-hybridized carbons (Fsp3) is 0.923. The molecule has 4 heteroatoms. The van der Waals surface area contributed by atoms with Crippen LogP contribution in [0.2, 0.25) is 0 Å². The van der Waals surface area contributed by atoms with Crippen LogP contribution in [0, 0.1) is 5.92 Å². The van der Waals surface area contributed by atoms with Crippen LogP contribution in [0.5, 0.6) is 0 Å². The van der Waals surface area contributed by atoms with E-state index in [4.69, 9.17) is 5.11 Å². The van der Waals surface area contributed by atoms with Gasteiger partial charge in [0.1, 0.15) is 0 Å². The molecular weight excluding hydrogens is 216 g/mol.